The van der Waals surface area contributed by atoms with Crippen molar-refractivity contribution in [3.05, 3.63) is 21.1 Å². The molecular weight excluding hydrogens is 313 g/mol. The van der Waals surface area contributed by atoms with Crippen molar-refractivity contribution in [3.63, 3.8) is 0 Å². The Morgan fingerprint density at radius 2 is 2.23 bits per heavy atom. The first-order valence-corrected chi connectivity index (χ1v) is 6.86. The minimum absolute atomic E-state index is 0.890. The van der Waals surface area contributed by atoms with Crippen LogP contribution in [-0.4, -0.2) is 6.26 Å². The van der Waals surface area contributed by atoms with Crippen LogP contribution in [-0.2, 0) is 0 Å². The Labute approximate surface area is 98.8 Å². The molecule has 0 fully saturated rings. The van der Waals surface area contributed by atoms with Crippen molar-refractivity contribution in [1.29, 1.82) is 0 Å². The fourth-order valence-electron chi connectivity index (χ4n) is 1.28. The van der Waals surface area contributed by atoms with E-state index >= 15 is 0 Å². The Bertz CT molecular complexity index is 450. The SMILES string of the molecule is CSc1c(I)sc2c(N)cccc12. The van der Waals surface area contributed by atoms with E-state index in [-0.39, 0.29) is 0 Å². The number of thioether (sulfide) groups is 1. The molecule has 0 unspecified atom stereocenters. The molecular formula is C9H8INS2. The maximum Gasteiger partial charge on any atom is 0.0802 e. The zero-order chi connectivity index (χ0) is 9.42. The van der Waals surface area contributed by atoms with Gasteiger partial charge in [0.15, 0.2) is 0 Å². The van der Waals surface area contributed by atoms with Crippen LogP contribution >= 0.6 is 45.7 Å². The van der Waals surface area contributed by atoms with Crippen LogP contribution in [0.15, 0.2) is 23.1 Å². The molecule has 1 aromatic carbocycles. The van der Waals surface area contributed by atoms with Crippen molar-refractivity contribution >= 4 is 61.5 Å². The Balaban J connectivity index is 2.86. The van der Waals surface area contributed by atoms with Gasteiger partial charge < -0.3 is 5.73 Å². The fourth-order valence-corrected chi connectivity index (χ4v) is 4.73. The van der Waals surface area contributed by atoms with Crippen molar-refractivity contribution in [2.24, 2.45) is 0 Å². The van der Waals surface area contributed by atoms with Gasteiger partial charge in [-0.3, -0.25) is 0 Å². The first-order valence-electron chi connectivity index (χ1n) is 3.74. The maximum atomic E-state index is 5.89. The van der Waals surface area contributed by atoms with Gasteiger partial charge in [0, 0.05) is 16.0 Å². The van der Waals surface area contributed by atoms with Crippen LogP contribution in [0.2, 0.25) is 0 Å². The summed E-state index contributed by atoms with van der Waals surface area (Å²) in [7, 11) is 0. The van der Waals surface area contributed by atoms with Crippen LogP contribution in [0.4, 0.5) is 5.69 Å². The van der Waals surface area contributed by atoms with Gasteiger partial charge >= 0.3 is 0 Å². The normalized spacial score (nSPS) is 10.9. The number of halogens is 1. The smallest absolute Gasteiger partial charge is 0.0802 e. The van der Waals surface area contributed by atoms with Crippen LogP contribution in [0.5, 0.6) is 0 Å². The number of hydrogen-bond donors (Lipinski definition) is 1. The minimum Gasteiger partial charge on any atom is -0.398 e. The lowest BCUT2D eigenvalue weighted by Gasteiger charge is -1.95. The number of anilines is 1. The van der Waals surface area contributed by atoms with Gasteiger partial charge in [-0.15, -0.1) is 23.1 Å². The van der Waals surface area contributed by atoms with Crippen LogP contribution in [0.1, 0.15) is 0 Å². The Kier molecular flexibility index (Phi) is 2.71. The lowest BCUT2D eigenvalue weighted by Crippen LogP contribution is -1.82. The highest BCUT2D eigenvalue weighted by molar-refractivity contribution is 14.1. The first-order chi connectivity index (χ1) is 6.24. The zero-order valence-electron chi connectivity index (χ0n) is 7.00. The topological polar surface area (TPSA) is 26.0 Å². The molecule has 0 radical (unpaired) electrons. The van der Waals surface area contributed by atoms with Gasteiger partial charge in [0.1, 0.15) is 0 Å². The molecule has 0 saturated heterocycles. The molecule has 0 aliphatic heterocycles. The average Bonchev–Trinajstić information content (AvgIpc) is 2.43. The molecule has 0 spiro atoms. The quantitative estimate of drug-likeness (QED) is 0.491. The van der Waals surface area contributed by atoms with E-state index in [0.717, 1.165) is 5.69 Å². The third kappa shape index (κ3) is 1.55. The number of nitrogens with two attached hydrogens (primary N) is 1. The first kappa shape index (κ1) is 9.61. The lowest BCUT2D eigenvalue weighted by molar-refractivity contribution is 1.61. The maximum absolute atomic E-state index is 5.89. The van der Waals surface area contributed by atoms with Crippen molar-refractivity contribution in [1.82, 2.24) is 0 Å². The van der Waals surface area contributed by atoms with Gasteiger partial charge in [-0.25, -0.2) is 0 Å². The van der Waals surface area contributed by atoms with Crippen molar-refractivity contribution in [3.8, 4) is 0 Å². The largest absolute Gasteiger partial charge is 0.398 e. The van der Waals surface area contributed by atoms with E-state index in [2.05, 4.69) is 34.9 Å². The van der Waals surface area contributed by atoms with Crippen molar-refractivity contribution in [2.75, 3.05) is 12.0 Å². The second-order valence-electron chi connectivity index (χ2n) is 2.63. The van der Waals surface area contributed by atoms with E-state index in [1.807, 2.05) is 12.1 Å². The van der Waals surface area contributed by atoms with Gasteiger partial charge in [0.2, 0.25) is 0 Å². The summed E-state index contributed by atoms with van der Waals surface area (Å²) in [5.41, 5.74) is 6.78. The number of thiophene rings is 1. The molecule has 2 rings (SSSR count). The minimum atomic E-state index is 0.890. The highest BCUT2D eigenvalue weighted by Crippen LogP contribution is 2.40. The van der Waals surface area contributed by atoms with E-state index in [9.17, 15) is 0 Å². The van der Waals surface area contributed by atoms with Gasteiger partial charge in [-0.05, 0) is 34.9 Å². The highest BCUT2D eigenvalue weighted by Gasteiger charge is 2.10. The van der Waals surface area contributed by atoms with E-state index in [1.165, 1.54) is 17.9 Å². The summed E-state index contributed by atoms with van der Waals surface area (Å²) < 4.78 is 2.55. The molecule has 13 heavy (non-hydrogen) atoms. The predicted octanol–water partition coefficient (Wildman–Crippen LogP) is 3.81. The van der Waals surface area contributed by atoms with E-state index in [4.69, 9.17) is 5.73 Å². The fraction of sp³-hybridized carbons (Fsp3) is 0.111. The zero-order valence-corrected chi connectivity index (χ0v) is 10.8. The molecule has 0 atom stereocenters. The Morgan fingerprint density at radius 3 is 2.92 bits per heavy atom. The monoisotopic (exact) mass is 321 g/mol. The number of hydrogen-bond acceptors (Lipinski definition) is 3. The number of benzene rings is 1. The Morgan fingerprint density at radius 1 is 1.46 bits per heavy atom. The number of nitrogen functional groups attached to an aromatic ring is 1. The number of fused-ring (bicyclic) bond motifs is 1. The van der Waals surface area contributed by atoms with Gasteiger partial charge in [0.25, 0.3) is 0 Å². The summed E-state index contributed by atoms with van der Waals surface area (Å²) in [5, 5.41) is 1.29. The number of rotatable bonds is 1. The predicted molar refractivity (Wildman–Crippen MR) is 70.7 cm³/mol. The molecule has 0 aliphatic carbocycles. The standard InChI is InChI=1S/C9H8INS2/c1-12-8-5-3-2-4-6(11)7(5)13-9(8)10/h2-4H,11H2,1H3. The molecule has 2 aromatic rings. The molecule has 1 aromatic heterocycles. The molecule has 1 heterocycles. The summed E-state index contributed by atoms with van der Waals surface area (Å²) in [4.78, 5) is 1.35. The van der Waals surface area contributed by atoms with Crippen molar-refractivity contribution in [2.45, 2.75) is 4.90 Å². The highest BCUT2D eigenvalue weighted by atomic mass is 127. The molecule has 4 heteroatoms. The van der Waals surface area contributed by atoms with Crippen LogP contribution in [0.25, 0.3) is 10.1 Å². The average molecular weight is 321 g/mol. The molecule has 0 saturated carbocycles. The van der Waals surface area contributed by atoms with Gasteiger partial charge in [0.05, 0.1) is 7.58 Å². The molecule has 0 aliphatic rings. The summed E-state index contributed by atoms with van der Waals surface area (Å²) in [6, 6.07) is 6.11. The summed E-state index contributed by atoms with van der Waals surface area (Å²) >= 11 is 5.93. The van der Waals surface area contributed by atoms with E-state index < -0.39 is 0 Å². The van der Waals surface area contributed by atoms with Gasteiger partial charge in [-0.1, -0.05) is 12.1 Å². The van der Waals surface area contributed by atoms with E-state index in [0.29, 0.717) is 0 Å². The second kappa shape index (κ2) is 3.67. The van der Waals surface area contributed by atoms with Crippen LogP contribution in [0, 0.1) is 2.88 Å². The summed E-state index contributed by atoms with van der Waals surface area (Å²) in [6.07, 6.45) is 2.10. The summed E-state index contributed by atoms with van der Waals surface area (Å²) in [5.74, 6) is 0. The Hall–Kier alpha value is 0.0600. The molecule has 0 bridgehead atoms. The van der Waals surface area contributed by atoms with Crippen LogP contribution in [0.3, 0.4) is 0 Å². The summed E-state index contributed by atoms with van der Waals surface area (Å²) in [6.45, 7) is 0. The molecule has 1 nitrogen and oxygen atoms in total. The van der Waals surface area contributed by atoms with Gasteiger partial charge in [-0.2, -0.15) is 0 Å². The molecule has 68 valence electrons. The molecule has 2 N–H and O–H groups in total. The van der Waals surface area contributed by atoms with E-state index in [1.54, 1.807) is 23.1 Å². The lowest BCUT2D eigenvalue weighted by atomic mass is 10.2. The molecule has 0 amide bonds. The third-order valence-electron chi connectivity index (χ3n) is 1.86. The third-order valence-corrected chi connectivity index (χ3v) is 5.43. The second-order valence-corrected chi connectivity index (χ2v) is 6.28. The van der Waals surface area contributed by atoms with Crippen molar-refractivity contribution < 1.29 is 0 Å². The van der Waals surface area contributed by atoms with Crippen LogP contribution < -0.4 is 5.73 Å².